The zero-order valence-corrected chi connectivity index (χ0v) is 15.9. The van der Waals surface area contributed by atoms with Gasteiger partial charge in [-0.15, -0.1) is 0 Å². The van der Waals surface area contributed by atoms with Crippen LogP contribution in [-0.4, -0.2) is 30.7 Å². The average molecular weight is 390 g/mol. The Labute approximate surface area is 166 Å². The summed E-state index contributed by atoms with van der Waals surface area (Å²) >= 11 is 0. The van der Waals surface area contributed by atoms with Gasteiger partial charge in [-0.05, 0) is 43.3 Å². The maximum Gasteiger partial charge on any atom is 0.238 e. The lowest BCUT2D eigenvalue weighted by atomic mass is 9.59. The molecule has 0 aromatic heterocycles. The van der Waals surface area contributed by atoms with Crippen molar-refractivity contribution in [1.29, 1.82) is 0 Å². The molecule has 4 amide bonds. The van der Waals surface area contributed by atoms with Crippen LogP contribution in [0, 0.1) is 30.6 Å². The molecule has 29 heavy (non-hydrogen) atoms. The highest BCUT2D eigenvalue weighted by Crippen LogP contribution is 2.57. The van der Waals surface area contributed by atoms with E-state index in [-0.39, 0.29) is 0 Å². The van der Waals surface area contributed by atoms with Crippen molar-refractivity contribution in [2.24, 2.45) is 23.7 Å². The minimum Gasteiger partial charge on any atom is -0.497 e. The van der Waals surface area contributed by atoms with E-state index in [9.17, 15) is 19.2 Å². The lowest BCUT2D eigenvalue weighted by Gasteiger charge is -2.36. The third-order valence-electron chi connectivity index (χ3n) is 6.19. The summed E-state index contributed by atoms with van der Waals surface area (Å²) in [5, 5.41) is 0. The van der Waals surface area contributed by atoms with Crippen LogP contribution in [-0.2, 0) is 19.2 Å². The van der Waals surface area contributed by atoms with Crippen LogP contribution in [0.5, 0.6) is 5.75 Å². The third-order valence-corrected chi connectivity index (χ3v) is 6.19. The van der Waals surface area contributed by atoms with Gasteiger partial charge >= 0.3 is 0 Å². The normalized spacial score (nSPS) is 27.8. The summed E-state index contributed by atoms with van der Waals surface area (Å²) in [6.45, 7) is 1.91. The number of rotatable bonds is 3. The molecule has 0 bridgehead atoms. The van der Waals surface area contributed by atoms with Gasteiger partial charge in [0.05, 0.1) is 42.2 Å². The topological polar surface area (TPSA) is 84.0 Å². The number of ether oxygens (including phenoxy) is 1. The number of benzene rings is 2. The molecule has 1 saturated carbocycles. The van der Waals surface area contributed by atoms with Crippen LogP contribution in [0.15, 0.2) is 48.5 Å². The molecule has 2 heterocycles. The smallest absolute Gasteiger partial charge is 0.238 e. The molecule has 4 unspecified atom stereocenters. The van der Waals surface area contributed by atoms with Gasteiger partial charge in [-0.25, -0.2) is 0 Å². The summed E-state index contributed by atoms with van der Waals surface area (Å²) in [7, 11) is 1.53. The van der Waals surface area contributed by atoms with E-state index in [0.717, 1.165) is 15.4 Å². The molecule has 2 aromatic carbocycles. The van der Waals surface area contributed by atoms with Crippen LogP contribution in [0.2, 0.25) is 0 Å². The molecule has 2 saturated heterocycles. The molecule has 5 rings (SSSR count). The van der Waals surface area contributed by atoms with Gasteiger partial charge in [-0.3, -0.25) is 29.0 Å². The highest BCUT2D eigenvalue weighted by atomic mass is 16.5. The van der Waals surface area contributed by atoms with Gasteiger partial charge in [-0.2, -0.15) is 0 Å². The van der Waals surface area contributed by atoms with Crippen LogP contribution in [0.1, 0.15) is 5.56 Å². The van der Waals surface area contributed by atoms with E-state index >= 15 is 0 Å². The highest BCUT2D eigenvalue weighted by Gasteiger charge is 2.73. The first kappa shape index (κ1) is 17.6. The van der Waals surface area contributed by atoms with Crippen molar-refractivity contribution < 1.29 is 23.9 Å². The first-order valence-electron chi connectivity index (χ1n) is 9.40. The molecule has 2 aliphatic heterocycles. The Kier molecular flexibility index (Phi) is 3.65. The number of imide groups is 2. The van der Waals surface area contributed by atoms with Crippen LogP contribution in [0.3, 0.4) is 0 Å². The van der Waals surface area contributed by atoms with Crippen molar-refractivity contribution in [3.63, 3.8) is 0 Å². The molecule has 146 valence electrons. The average Bonchev–Trinajstić information content (AvgIpc) is 3.02. The summed E-state index contributed by atoms with van der Waals surface area (Å²) in [5.74, 6) is -4.13. The van der Waals surface area contributed by atoms with E-state index in [0.29, 0.717) is 17.1 Å². The Balaban J connectivity index is 1.46. The summed E-state index contributed by atoms with van der Waals surface area (Å²) in [6.07, 6.45) is 0. The Morgan fingerprint density at radius 3 is 1.31 bits per heavy atom. The fourth-order valence-corrected chi connectivity index (χ4v) is 4.72. The second-order valence-corrected chi connectivity index (χ2v) is 7.66. The first-order valence-corrected chi connectivity index (χ1v) is 9.40. The van der Waals surface area contributed by atoms with Crippen molar-refractivity contribution >= 4 is 35.0 Å². The molecule has 0 spiro atoms. The second kappa shape index (κ2) is 6.01. The lowest BCUT2D eigenvalue weighted by Crippen LogP contribution is -2.50. The zero-order chi connectivity index (χ0) is 20.4. The second-order valence-electron chi connectivity index (χ2n) is 7.66. The standard InChI is InChI=1S/C22H18N2O5/c1-11-3-5-12(6-4-11)23-19(25)15-16(20(23)26)18-17(15)21(27)24(22(18)28)13-7-9-14(29-2)10-8-13/h3-10,15-18H,1-2H3. The molecule has 3 aliphatic rings. The predicted molar refractivity (Wildman–Crippen MR) is 103 cm³/mol. The number of fused-ring (bicyclic) bond motifs is 4. The van der Waals surface area contributed by atoms with E-state index < -0.39 is 47.3 Å². The van der Waals surface area contributed by atoms with Crippen molar-refractivity contribution in [2.75, 3.05) is 16.9 Å². The fraction of sp³-hybridized carbons (Fsp3) is 0.273. The highest BCUT2D eigenvalue weighted by molar-refractivity contribution is 6.32. The van der Waals surface area contributed by atoms with Gasteiger partial charge in [0.1, 0.15) is 5.75 Å². The van der Waals surface area contributed by atoms with E-state index in [1.54, 1.807) is 36.4 Å². The van der Waals surface area contributed by atoms with E-state index in [1.807, 2.05) is 19.1 Å². The summed E-state index contributed by atoms with van der Waals surface area (Å²) in [6, 6.07) is 13.6. The first-order chi connectivity index (χ1) is 13.9. The Morgan fingerprint density at radius 2 is 0.966 bits per heavy atom. The van der Waals surface area contributed by atoms with Crippen molar-refractivity contribution in [2.45, 2.75) is 6.92 Å². The van der Waals surface area contributed by atoms with E-state index in [1.165, 1.54) is 7.11 Å². The van der Waals surface area contributed by atoms with Crippen LogP contribution in [0.4, 0.5) is 11.4 Å². The summed E-state index contributed by atoms with van der Waals surface area (Å²) < 4.78 is 5.11. The number of anilines is 2. The minimum atomic E-state index is -0.776. The molecular formula is C22H18N2O5. The lowest BCUT2D eigenvalue weighted by molar-refractivity contribution is -0.146. The minimum absolute atomic E-state index is 0.400. The number of amides is 4. The molecule has 0 radical (unpaired) electrons. The predicted octanol–water partition coefficient (Wildman–Crippen LogP) is 1.93. The number of carbonyl (C=O) groups excluding carboxylic acids is 4. The number of aryl methyl sites for hydroxylation is 1. The molecule has 4 atom stereocenters. The number of hydrogen-bond acceptors (Lipinski definition) is 5. The molecule has 2 aromatic rings. The summed E-state index contributed by atoms with van der Waals surface area (Å²) in [5.41, 5.74) is 1.90. The Morgan fingerprint density at radius 1 is 0.621 bits per heavy atom. The van der Waals surface area contributed by atoms with Crippen molar-refractivity contribution in [3.05, 3.63) is 54.1 Å². The maximum absolute atomic E-state index is 13.0. The van der Waals surface area contributed by atoms with E-state index in [4.69, 9.17) is 4.74 Å². The number of hydrogen-bond donors (Lipinski definition) is 0. The monoisotopic (exact) mass is 390 g/mol. The van der Waals surface area contributed by atoms with Crippen molar-refractivity contribution in [3.8, 4) is 5.75 Å². The molecule has 0 N–H and O–H groups in total. The van der Waals surface area contributed by atoms with Gasteiger partial charge in [-0.1, -0.05) is 17.7 Å². The van der Waals surface area contributed by atoms with Crippen LogP contribution in [0.25, 0.3) is 0 Å². The quantitative estimate of drug-likeness (QED) is 0.748. The van der Waals surface area contributed by atoms with Gasteiger partial charge in [0.25, 0.3) is 0 Å². The zero-order valence-electron chi connectivity index (χ0n) is 15.9. The molecule has 7 heteroatoms. The van der Waals surface area contributed by atoms with Gasteiger partial charge in [0.15, 0.2) is 0 Å². The number of methoxy groups -OCH3 is 1. The number of nitrogens with zero attached hydrogens (tertiary/aromatic N) is 2. The molecule has 3 fully saturated rings. The van der Waals surface area contributed by atoms with Gasteiger partial charge < -0.3 is 4.74 Å². The van der Waals surface area contributed by atoms with Gasteiger partial charge in [0.2, 0.25) is 23.6 Å². The largest absolute Gasteiger partial charge is 0.497 e. The third kappa shape index (κ3) is 2.24. The molecular weight excluding hydrogens is 372 g/mol. The Hall–Kier alpha value is -3.48. The Bertz CT molecular complexity index is 1020. The SMILES string of the molecule is COc1ccc(N2C(=O)C3C4C(=O)N(c5ccc(C)cc5)C(=O)C4C3C2=O)cc1. The van der Waals surface area contributed by atoms with Crippen LogP contribution >= 0.6 is 0 Å². The maximum atomic E-state index is 13.0. The van der Waals surface area contributed by atoms with E-state index in [2.05, 4.69) is 0 Å². The fourth-order valence-electron chi connectivity index (χ4n) is 4.72. The molecule has 7 nitrogen and oxygen atoms in total. The van der Waals surface area contributed by atoms with Gasteiger partial charge in [0, 0.05) is 0 Å². The summed E-state index contributed by atoms with van der Waals surface area (Å²) in [4.78, 5) is 54.2. The number of carbonyl (C=O) groups is 4. The molecule has 1 aliphatic carbocycles. The van der Waals surface area contributed by atoms with Crippen molar-refractivity contribution in [1.82, 2.24) is 0 Å². The van der Waals surface area contributed by atoms with Crippen LogP contribution < -0.4 is 14.5 Å².